The molecule has 5 heteroatoms. The number of carbonyl (C=O) groups is 2. The van der Waals surface area contributed by atoms with Gasteiger partial charge in [-0.15, -0.1) is 0 Å². The lowest BCUT2D eigenvalue weighted by Gasteiger charge is -2.08. The lowest BCUT2D eigenvalue weighted by atomic mass is 10.2. The highest BCUT2D eigenvalue weighted by Gasteiger charge is 2.47. The molecule has 0 spiro atoms. The molecule has 4 nitrogen and oxygen atoms in total. The molecule has 2 rings (SSSR count). The van der Waals surface area contributed by atoms with Gasteiger partial charge in [0.25, 0.3) is 0 Å². The predicted octanol–water partition coefficient (Wildman–Crippen LogP) is 3.00. The number of rotatable bonds is 5. The van der Waals surface area contributed by atoms with Crippen LogP contribution in [0.4, 0.5) is 5.69 Å². The zero-order valence-corrected chi connectivity index (χ0v) is 13.3. The lowest BCUT2D eigenvalue weighted by Crippen LogP contribution is -2.30. The number of amides is 2. The van der Waals surface area contributed by atoms with Crippen molar-refractivity contribution in [3.63, 3.8) is 0 Å². The monoisotopic (exact) mass is 308 g/mol. The minimum atomic E-state index is -0.225. The van der Waals surface area contributed by atoms with Crippen molar-refractivity contribution in [1.82, 2.24) is 5.32 Å². The third kappa shape index (κ3) is 4.21. The Hall–Kier alpha value is -1.55. The average Bonchev–Trinajstić information content (AvgIpc) is 3.20. The molecule has 2 atom stereocenters. The molecule has 0 bridgehead atoms. The van der Waals surface area contributed by atoms with Crippen LogP contribution in [0.15, 0.2) is 18.2 Å². The van der Waals surface area contributed by atoms with Gasteiger partial charge in [0.05, 0.1) is 11.8 Å². The van der Waals surface area contributed by atoms with Gasteiger partial charge >= 0.3 is 0 Å². The van der Waals surface area contributed by atoms with E-state index in [0.717, 1.165) is 5.56 Å². The molecule has 114 valence electrons. The van der Waals surface area contributed by atoms with Gasteiger partial charge in [0, 0.05) is 17.3 Å². The molecule has 1 aliphatic rings. The van der Waals surface area contributed by atoms with Crippen molar-refractivity contribution in [3.8, 4) is 0 Å². The van der Waals surface area contributed by atoms with Crippen molar-refractivity contribution in [3.05, 3.63) is 28.8 Å². The van der Waals surface area contributed by atoms with E-state index in [1.807, 2.05) is 32.9 Å². The number of carbonyl (C=O) groups excluding carboxylic acids is 2. The Labute approximate surface area is 130 Å². The zero-order valence-electron chi connectivity index (χ0n) is 12.6. The van der Waals surface area contributed by atoms with Crippen molar-refractivity contribution in [2.45, 2.75) is 27.2 Å². The Morgan fingerprint density at radius 2 is 1.95 bits per heavy atom. The number of aryl methyl sites for hydroxylation is 1. The van der Waals surface area contributed by atoms with E-state index in [9.17, 15) is 9.59 Å². The summed E-state index contributed by atoms with van der Waals surface area (Å²) in [5.74, 6) is -0.137. The second-order valence-electron chi connectivity index (χ2n) is 6.04. The fraction of sp³-hybridized carbons (Fsp3) is 0.500. The molecule has 2 N–H and O–H groups in total. The molecule has 1 aromatic rings. The van der Waals surface area contributed by atoms with Crippen molar-refractivity contribution in [2.75, 3.05) is 11.9 Å². The molecule has 0 heterocycles. The largest absolute Gasteiger partial charge is 0.356 e. The minimum absolute atomic E-state index is 0.0224. The third-order valence-electron chi connectivity index (χ3n) is 3.59. The smallest absolute Gasteiger partial charge is 0.228 e. The van der Waals surface area contributed by atoms with Crippen LogP contribution in [-0.2, 0) is 9.59 Å². The molecule has 2 unspecified atom stereocenters. The quantitative estimate of drug-likeness (QED) is 0.878. The first-order valence-corrected chi connectivity index (χ1v) is 7.61. The van der Waals surface area contributed by atoms with Gasteiger partial charge in [-0.25, -0.2) is 0 Å². The van der Waals surface area contributed by atoms with Gasteiger partial charge < -0.3 is 10.6 Å². The lowest BCUT2D eigenvalue weighted by molar-refractivity contribution is -0.125. The van der Waals surface area contributed by atoms with E-state index in [1.54, 1.807) is 6.07 Å². The van der Waals surface area contributed by atoms with E-state index in [2.05, 4.69) is 10.6 Å². The molecule has 21 heavy (non-hydrogen) atoms. The molecule has 1 fully saturated rings. The third-order valence-corrected chi connectivity index (χ3v) is 4.00. The fourth-order valence-corrected chi connectivity index (χ4v) is 2.30. The summed E-state index contributed by atoms with van der Waals surface area (Å²) < 4.78 is 0. The van der Waals surface area contributed by atoms with Crippen LogP contribution in [0, 0.1) is 24.7 Å². The average molecular weight is 309 g/mol. The first-order chi connectivity index (χ1) is 9.88. The number of anilines is 1. The summed E-state index contributed by atoms with van der Waals surface area (Å²) in [4.78, 5) is 24.0. The first-order valence-electron chi connectivity index (χ1n) is 7.23. The van der Waals surface area contributed by atoms with E-state index in [0.29, 0.717) is 29.6 Å². The molecule has 2 amide bonds. The van der Waals surface area contributed by atoms with Crippen LogP contribution >= 0.6 is 11.6 Å². The number of benzene rings is 1. The summed E-state index contributed by atoms with van der Waals surface area (Å²) in [7, 11) is 0. The summed E-state index contributed by atoms with van der Waals surface area (Å²) in [6, 6.07) is 5.40. The van der Waals surface area contributed by atoms with Crippen molar-refractivity contribution in [1.29, 1.82) is 0 Å². The second-order valence-corrected chi connectivity index (χ2v) is 6.45. The van der Waals surface area contributed by atoms with E-state index in [-0.39, 0.29) is 23.7 Å². The summed E-state index contributed by atoms with van der Waals surface area (Å²) >= 11 is 6.03. The second kappa shape index (κ2) is 6.48. The molecule has 1 aromatic carbocycles. The molecular weight excluding hydrogens is 288 g/mol. The Morgan fingerprint density at radius 1 is 1.29 bits per heavy atom. The van der Waals surface area contributed by atoms with E-state index in [1.165, 1.54) is 0 Å². The normalized spacial score (nSPS) is 20.2. The highest BCUT2D eigenvalue weighted by atomic mass is 35.5. The molecule has 1 saturated carbocycles. The molecular formula is C16H21ClN2O2. The molecule has 1 aliphatic carbocycles. The van der Waals surface area contributed by atoms with Crippen molar-refractivity contribution in [2.24, 2.45) is 17.8 Å². The molecule has 0 aromatic heterocycles. The van der Waals surface area contributed by atoms with Crippen LogP contribution in [0.2, 0.25) is 5.02 Å². The predicted molar refractivity (Wildman–Crippen MR) is 84.3 cm³/mol. The SMILES string of the molecule is Cc1ccc(NC(=O)C2CC2C(=O)NCC(C)C)cc1Cl. The maximum absolute atomic E-state index is 12.1. The highest BCUT2D eigenvalue weighted by molar-refractivity contribution is 6.31. The van der Waals surface area contributed by atoms with Crippen LogP contribution in [-0.4, -0.2) is 18.4 Å². The Bertz CT molecular complexity index is 557. The number of halogens is 1. The van der Waals surface area contributed by atoms with E-state index in [4.69, 9.17) is 11.6 Å². The van der Waals surface area contributed by atoms with Crippen LogP contribution in [0.5, 0.6) is 0 Å². The van der Waals surface area contributed by atoms with Crippen LogP contribution < -0.4 is 10.6 Å². The van der Waals surface area contributed by atoms with Crippen molar-refractivity contribution < 1.29 is 9.59 Å². The van der Waals surface area contributed by atoms with Crippen LogP contribution in [0.25, 0.3) is 0 Å². The summed E-state index contributed by atoms with van der Waals surface area (Å²) in [5, 5.41) is 6.31. The molecule has 0 saturated heterocycles. The van der Waals surface area contributed by atoms with Crippen LogP contribution in [0.1, 0.15) is 25.8 Å². The van der Waals surface area contributed by atoms with Gasteiger partial charge in [0.2, 0.25) is 11.8 Å². The summed E-state index contributed by atoms with van der Waals surface area (Å²) in [6.07, 6.45) is 0.620. The van der Waals surface area contributed by atoms with E-state index >= 15 is 0 Å². The Balaban J connectivity index is 1.85. The number of hydrogen-bond donors (Lipinski definition) is 2. The fourth-order valence-electron chi connectivity index (χ4n) is 2.12. The minimum Gasteiger partial charge on any atom is -0.356 e. The number of nitrogens with one attached hydrogen (secondary N) is 2. The zero-order chi connectivity index (χ0) is 15.6. The number of hydrogen-bond acceptors (Lipinski definition) is 2. The Morgan fingerprint density at radius 3 is 2.57 bits per heavy atom. The van der Waals surface area contributed by atoms with Gasteiger partial charge in [0.1, 0.15) is 0 Å². The van der Waals surface area contributed by atoms with Crippen molar-refractivity contribution >= 4 is 29.1 Å². The van der Waals surface area contributed by atoms with Gasteiger partial charge in [-0.1, -0.05) is 31.5 Å². The standard InChI is InChI=1S/C16H21ClN2O2/c1-9(2)8-18-15(20)12-7-13(12)16(21)19-11-5-4-10(3)14(17)6-11/h4-6,9,12-13H,7-8H2,1-3H3,(H,18,20)(H,19,21). The maximum Gasteiger partial charge on any atom is 0.228 e. The van der Waals surface area contributed by atoms with Crippen LogP contribution in [0.3, 0.4) is 0 Å². The molecule has 0 aliphatic heterocycles. The van der Waals surface area contributed by atoms with Gasteiger partial charge in [-0.05, 0) is 37.0 Å². The van der Waals surface area contributed by atoms with Gasteiger partial charge in [0.15, 0.2) is 0 Å². The van der Waals surface area contributed by atoms with Gasteiger partial charge in [-0.3, -0.25) is 9.59 Å². The van der Waals surface area contributed by atoms with Gasteiger partial charge in [-0.2, -0.15) is 0 Å². The maximum atomic E-state index is 12.1. The summed E-state index contributed by atoms with van der Waals surface area (Å²) in [6.45, 7) is 6.64. The van der Waals surface area contributed by atoms with E-state index < -0.39 is 0 Å². The Kier molecular flexibility index (Phi) is 4.88. The highest BCUT2D eigenvalue weighted by Crippen LogP contribution is 2.39. The molecule has 0 radical (unpaired) electrons. The first kappa shape index (κ1) is 15.8. The topological polar surface area (TPSA) is 58.2 Å². The summed E-state index contributed by atoms with van der Waals surface area (Å²) in [5.41, 5.74) is 1.64.